The highest BCUT2D eigenvalue weighted by atomic mass is 15.1. The molecule has 0 aromatic heterocycles. The summed E-state index contributed by atoms with van der Waals surface area (Å²) in [5.41, 5.74) is 0. The highest BCUT2D eigenvalue weighted by Gasteiger charge is 2.37. The molecule has 0 bridgehead atoms. The Morgan fingerprint density at radius 3 is 1.88 bits per heavy atom. The van der Waals surface area contributed by atoms with Gasteiger partial charge in [0.1, 0.15) is 0 Å². The van der Waals surface area contributed by atoms with Crippen LogP contribution in [0.2, 0.25) is 0 Å². The van der Waals surface area contributed by atoms with Crippen LogP contribution in [0.4, 0.5) is 0 Å². The summed E-state index contributed by atoms with van der Waals surface area (Å²) in [5.74, 6) is 2.19. The third-order valence-electron chi connectivity index (χ3n) is 2.67. The second-order valence-corrected chi connectivity index (χ2v) is 3.32. The molecule has 1 saturated heterocycles. The summed E-state index contributed by atoms with van der Waals surface area (Å²) in [6.07, 6.45) is 3.02. The van der Waals surface area contributed by atoms with Crippen molar-refractivity contribution in [2.24, 2.45) is 11.8 Å². The zero-order chi connectivity index (χ0) is 5.56. The predicted molar refractivity (Wildman–Crippen MR) is 33.7 cm³/mol. The fourth-order valence-electron chi connectivity index (χ4n) is 1.99. The van der Waals surface area contributed by atoms with Gasteiger partial charge in [-0.25, -0.2) is 0 Å². The van der Waals surface area contributed by atoms with Crippen molar-refractivity contribution in [2.75, 3.05) is 20.1 Å². The van der Waals surface area contributed by atoms with Gasteiger partial charge in [-0.3, -0.25) is 0 Å². The Labute approximate surface area is 50.7 Å². The van der Waals surface area contributed by atoms with Crippen LogP contribution in [-0.4, -0.2) is 25.0 Å². The van der Waals surface area contributed by atoms with E-state index in [2.05, 4.69) is 11.9 Å². The standard InChI is InChI=1S/C7H13N/c1-8-4-6-2-3-7(6)5-8/h6-7H,2-5H2,1H3/t6-,7+. The number of hydrogen-bond donors (Lipinski definition) is 0. The minimum Gasteiger partial charge on any atom is -0.306 e. The monoisotopic (exact) mass is 111 g/mol. The molecule has 0 amide bonds. The smallest absolute Gasteiger partial charge is 0.000985 e. The topological polar surface area (TPSA) is 3.24 Å². The van der Waals surface area contributed by atoms with Crippen LogP contribution in [0, 0.1) is 11.8 Å². The molecule has 2 atom stereocenters. The Morgan fingerprint density at radius 2 is 1.62 bits per heavy atom. The molecule has 0 aromatic carbocycles. The zero-order valence-electron chi connectivity index (χ0n) is 5.43. The molecule has 46 valence electrons. The van der Waals surface area contributed by atoms with E-state index in [4.69, 9.17) is 0 Å². The predicted octanol–water partition coefficient (Wildman–Crippen LogP) is 0.958. The second kappa shape index (κ2) is 1.47. The molecule has 2 aliphatic rings. The van der Waals surface area contributed by atoms with Gasteiger partial charge in [0, 0.05) is 13.1 Å². The van der Waals surface area contributed by atoms with Crippen molar-refractivity contribution in [3.05, 3.63) is 0 Å². The molecule has 1 aliphatic heterocycles. The van der Waals surface area contributed by atoms with E-state index in [9.17, 15) is 0 Å². The first-order valence-electron chi connectivity index (χ1n) is 3.55. The van der Waals surface area contributed by atoms with Gasteiger partial charge in [-0.2, -0.15) is 0 Å². The molecule has 0 aromatic rings. The summed E-state index contributed by atoms with van der Waals surface area (Å²) < 4.78 is 0. The quantitative estimate of drug-likeness (QED) is 0.450. The highest BCUT2D eigenvalue weighted by Crippen LogP contribution is 2.39. The number of rotatable bonds is 0. The number of fused-ring (bicyclic) bond motifs is 1. The average molecular weight is 111 g/mol. The van der Waals surface area contributed by atoms with Crippen LogP contribution in [0.1, 0.15) is 12.8 Å². The first kappa shape index (κ1) is 4.80. The van der Waals surface area contributed by atoms with Gasteiger partial charge in [-0.1, -0.05) is 0 Å². The van der Waals surface area contributed by atoms with Crippen LogP contribution in [0.25, 0.3) is 0 Å². The van der Waals surface area contributed by atoms with Crippen molar-refractivity contribution < 1.29 is 0 Å². The SMILES string of the molecule is CN1C[C@H]2CC[C@H]2C1. The van der Waals surface area contributed by atoms with E-state index in [0.29, 0.717) is 0 Å². The first-order valence-corrected chi connectivity index (χ1v) is 3.55. The molecular weight excluding hydrogens is 98.1 g/mol. The van der Waals surface area contributed by atoms with Crippen LogP contribution in [0.3, 0.4) is 0 Å². The molecule has 0 radical (unpaired) electrons. The van der Waals surface area contributed by atoms with Gasteiger partial charge >= 0.3 is 0 Å². The van der Waals surface area contributed by atoms with Gasteiger partial charge in [-0.05, 0) is 31.7 Å². The third kappa shape index (κ3) is 0.510. The van der Waals surface area contributed by atoms with Crippen molar-refractivity contribution in [1.82, 2.24) is 4.90 Å². The Balaban J connectivity index is 2.00. The maximum absolute atomic E-state index is 2.46. The van der Waals surface area contributed by atoms with E-state index in [1.165, 1.54) is 25.9 Å². The first-order chi connectivity index (χ1) is 3.86. The second-order valence-electron chi connectivity index (χ2n) is 3.32. The lowest BCUT2D eigenvalue weighted by atomic mass is 9.77. The van der Waals surface area contributed by atoms with E-state index < -0.39 is 0 Å². The van der Waals surface area contributed by atoms with E-state index >= 15 is 0 Å². The Morgan fingerprint density at radius 1 is 1.12 bits per heavy atom. The molecule has 8 heavy (non-hydrogen) atoms. The Kier molecular flexibility index (Phi) is 0.884. The summed E-state index contributed by atoms with van der Waals surface area (Å²) in [6.45, 7) is 2.76. The molecule has 1 heteroatoms. The van der Waals surface area contributed by atoms with Crippen molar-refractivity contribution in [3.63, 3.8) is 0 Å². The van der Waals surface area contributed by atoms with Crippen molar-refractivity contribution >= 4 is 0 Å². The summed E-state index contributed by atoms with van der Waals surface area (Å²) in [4.78, 5) is 2.46. The zero-order valence-corrected chi connectivity index (χ0v) is 5.43. The molecule has 1 saturated carbocycles. The number of hydrogen-bond acceptors (Lipinski definition) is 1. The van der Waals surface area contributed by atoms with Gasteiger partial charge in [-0.15, -0.1) is 0 Å². The lowest BCUT2D eigenvalue weighted by Gasteiger charge is -2.28. The summed E-state index contributed by atoms with van der Waals surface area (Å²) in [5, 5.41) is 0. The van der Waals surface area contributed by atoms with Gasteiger partial charge in [0.2, 0.25) is 0 Å². The molecule has 1 nitrogen and oxygen atoms in total. The molecular formula is C7H13N. The summed E-state index contributed by atoms with van der Waals surface area (Å²) in [6, 6.07) is 0. The molecule has 0 N–H and O–H groups in total. The van der Waals surface area contributed by atoms with Crippen molar-refractivity contribution in [3.8, 4) is 0 Å². The number of likely N-dealkylation sites (tertiary alicyclic amines) is 1. The molecule has 2 rings (SSSR count). The largest absolute Gasteiger partial charge is 0.306 e. The lowest BCUT2D eigenvalue weighted by Crippen LogP contribution is -2.22. The maximum atomic E-state index is 2.46. The van der Waals surface area contributed by atoms with E-state index in [1.54, 1.807) is 0 Å². The van der Waals surface area contributed by atoms with Gasteiger partial charge in [0.25, 0.3) is 0 Å². The molecule has 1 aliphatic carbocycles. The number of nitrogens with zero attached hydrogens (tertiary/aromatic N) is 1. The van der Waals surface area contributed by atoms with E-state index in [1.807, 2.05) is 0 Å². The normalized spacial score (nSPS) is 46.1. The minimum atomic E-state index is 1.10. The van der Waals surface area contributed by atoms with Crippen molar-refractivity contribution in [1.29, 1.82) is 0 Å². The van der Waals surface area contributed by atoms with Crippen LogP contribution in [-0.2, 0) is 0 Å². The summed E-state index contributed by atoms with van der Waals surface area (Å²) >= 11 is 0. The van der Waals surface area contributed by atoms with Gasteiger partial charge in [0.15, 0.2) is 0 Å². The molecule has 0 spiro atoms. The highest BCUT2D eigenvalue weighted by molar-refractivity contribution is 4.89. The molecule has 1 heterocycles. The van der Waals surface area contributed by atoms with Crippen LogP contribution in [0.15, 0.2) is 0 Å². The van der Waals surface area contributed by atoms with Crippen LogP contribution < -0.4 is 0 Å². The maximum Gasteiger partial charge on any atom is 0.000985 e. The third-order valence-corrected chi connectivity index (χ3v) is 2.67. The van der Waals surface area contributed by atoms with E-state index in [0.717, 1.165) is 11.8 Å². The van der Waals surface area contributed by atoms with Crippen LogP contribution in [0.5, 0.6) is 0 Å². The average Bonchev–Trinajstić information content (AvgIpc) is 1.91. The van der Waals surface area contributed by atoms with Crippen molar-refractivity contribution in [2.45, 2.75) is 12.8 Å². The van der Waals surface area contributed by atoms with Gasteiger partial charge in [0.05, 0.1) is 0 Å². The Bertz CT molecular complexity index is 88.6. The molecule has 2 fully saturated rings. The fourth-order valence-corrected chi connectivity index (χ4v) is 1.99. The van der Waals surface area contributed by atoms with E-state index in [-0.39, 0.29) is 0 Å². The minimum absolute atomic E-state index is 1.10. The summed E-state index contributed by atoms with van der Waals surface area (Å²) in [7, 11) is 2.23. The molecule has 0 unspecified atom stereocenters. The fraction of sp³-hybridized carbons (Fsp3) is 1.00. The van der Waals surface area contributed by atoms with Crippen LogP contribution >= 0.6 is 0 Å². The Hall–Kier alpha value is -0.0400. The van der Waals surface area contributed by atoms with Gasteiger partial charge < -0.3 is 4.90 Å². The lowest BCUT2D eigenvalue weighted by molar-refractivity contribution is 0.243.